The van der Waals surface area contributed by atoms with Crippen LogP contribution in [-0.2, 0) is 16.0 Å². The Labute approximate surface area is 95.1 Å². The first-order chi connectivity index (χ1) is 7.68. The number of amides is 1. The van der Waals surface area contributed by atoms with E-state index in [1.807, 2.05) is 24.3 Å². The van der Waals surface area contributed by atoms with Gasteiger partial charge in [-0.2, -0.15) is 0 Å². The van der Waals surface area contributed by atoms with Crippen molar-refractivity contribution in [2.24, 2.45) is 0 Å². The van der Waals surface area contributed by atoms with Gasteiger partial charge in [-0.25, -0.2) is 0 Å². The topological polar surface area (TPSA) is 37.4 Å². The molecule has 1 heterocycles. The van der Waals surface area contributed by atoms with Crippen molar-refractivity contribution in [3.05, 3.63) is 29.8 Å². The number of carbonyl (C=O) groups excluding carboxylic acids is 2. The number of Topliss-reactive ketones (excluding diaryl/α,β-unsaturated/α-hetero) is 1. The van der Waals surface area contributed by atoms with E-state index in [0.717, 1.165) is 12.1 Å². The minimum absolute atomic E-state index is 0.121. The second-order valence-corrected chi connectivity index (χ2v) is 4.13. The van der Waals surface area contributed by atoms with Crippen LogP contribution in [0, 0.1) is 0 Å². The third kappa shape index (κ3) is 2.13. The molecule has 0 N–H and O–H groups in total. The Morgan fingerprint density at radius 1 is 1.31 bits per heavy atom. The summed E-state index contributed by atoms with van der Waals surface area (Å²) in [6, 6.07) is 7.91. The Bertz CT molecular complexity index is 426. The molecule has 1 aromatic carbocycles. The summed E-state index contributed by atoms with van der Waals surface area (Å²) in [4.78, 5) is 24.5. The highest BCUT2D eigenvalue weighted by atomic mass is 16.2. The van der Waals surface area contributed by atoms with Crippen molar-refractivity contribution in [2.45, 2.75) is 26.2 Å². The van der Waals surface area contributed by atoms with Crippen molar-refractivity contribution < 1.29 is 9.59 Å². The molecule has 0 atom stereocenters. The van der Waals surface area contributed by atoms with Gasteiger partial charge >= 0.3 is 0 Å². The molecule has 0 unspecified atom stereocenters. The third-order valence-corrected chi connectivity index (χ3v) is 2.88. The van der Waals surface area contributed by atoms with Gasteiger partial charge in [-0.1, -0.05) is 18.2 Å². The zero-order valence-corrected chi connectivity index (χ0v) is 9.40. The van der Waals surface area contributed by atoms with Crippen LogP contribution in [0.2, 0.25) is 0 Å². The molecule has 0 fully saturated rings. The molecule has 3 heteroatoms. The van der Waals surface area contributed by atoms with E-state index in [1.165, 1.54) is 5.56 Å². The van der Waals surface area contributed by atoms with Crippen LogP contribution in [0.1, 0.15) is 25.3 Å². The molecule has 16 heavy (non-hydrogen) atoms. The van der Waals surface area contributed by atoms with Gasteiger partial charge in [0.25, 0.3) is 0 Å². The maximum atomic E-state index is 11.8. The number of carbonyl (C=O) groups is 2. The summed E-state index contributed by atoms with van der Waals surface area (Å²) < 4.78 is 0. The highest BCUT2D eigenvalue weighted by Crippen LogP contribution is 2.27. The summed E-state index contributed by atoms with van der Waals surface area (Å²) in [5, 5.41) is 0. The van der Waals surface area contributed by atoms with Crippen molar-refractivity contribution >= 4 is 17.4 Å². The summed E-state index contributed by atoms with van der Waals surface area (Å²) in [7, 11) is 0. The molecule has 2 rings (SSSR count). The van der Waals surface area contributed by atoms with Gasteiger partial charge in [0.15, 0.2) is 0 Å². The minimum Gasteiger partial charge on any atom is -0.312 e. The van der Waals surface area contributed by atoms with E-state index in [-0.39, 0.29) is 11.7 Å². The molecule has 0 radical (unpaired) electrons. The lowest BCUT2D eigenvalue weighted by atomic mass is 10.0. The molecule has 84 valence electrons. The quantitative estimate of drug-likeness (QED) is 0.776. The van der Waals surface area contributed by atoms with Crippen LogP contribution in [-0.4, -0.2) is 18.2 Å². The molecule has 0 spiro atoms. The van der Waals surface area contributed by atoms with Crippen LogP contribution in [0.5, 0.6) is 0 Å². The number of hydrogen-bond acceptors (Lipinski definition) is 2. The maximum Gasteiger partial charge on any atom is 0.227 e. The first-order valence-corrected chi connectivity index (χ1v) is 5.56. The second kappa shape index (κ2) is 4.47. The average Bonchev–Trinajstić information content (AvgIpc) is 2.27. The molecule has 0 saturated carbocycles. The molecule has 3 nitrogen and oxygen atoms in total. The number of benzene rings is 1. The molecule has 1 amide bonds. The van der Waals surface area contributed by atoms with Crippen molar-refractivity contribution in [1.82, 2.24) is 0 Å². The lowest BCUT2D eigenvalue weighted by Gasteiger charge is -2.29. The van der Waals surface area contributed by atoms with Gasteiger partial charge in [0.05, 0.1) is 0 Å². The molecular formula is C13H15NO2. The van der Waals surface area contributed by atoms with Crippen LogP contribution in [0.25, 0.3) is 0 Å². The monoisotopic (exact) mass is 217 g/mol. The van der Waals surface area contributed by atoms with Gasteiger partial charge in [0.2, 0.25) is 5.91 Å². The average molecular weight is 217 g/mol. The lowest BCUT2D eigenvalue weighted by Crippen LogP contribution is -2.36. The summed E-state index contributed by atoms with van der Waals surface area (Å²) in [6.45, 7) is 2.06. The van der Waals surface area contributed by atoms with E-state index in [1.54, 1.807) is 11.8 Å². The first-order valence-electron chi connectivity index (χ1n) is 5.56. The predicted octanol–water partition coefficient (Wildman–Crippen LogP) is 1.94. The summed E-state index contributed by atoms with van der Waals surface area (Å²) in [5.74, 6) is 0.246. The lowest BCUT2D eigenvalue weighted by molar-refractivity contribution is -0.119. The van der Waals surface area contributed by atoms with Gasteiger partial charge in [-0.15, -0.1) is 0 Å². The van der Waals surface area contributed by atoms with E-state index in [9.17, 15) is 9.59 Å². The normalized spacial score (nSPS) is 14.8. The van der Waals surface area contributed by atoms with Gasteiger partial charge in [0.1, 0.15) is 5.78 Å². The van der Waals surface area contributed by atoms with Crippen molar-refractivity contribution in [1.29, 1.82) is 0 Å². The molecule has 1 aliphatic rings. The number of rotatable bonds is 3. The Morgan fingerprint density at radius 3 is 2.81 bits per heavy atom. The number of nitrogens with zero attached hydrogens (tertiary/aromatic N) is 1. The van der Waals surface area contributed by atoms with Crippen molar-refractivity contribution in [3.63, 3.8) is 0 Å². The Balaban J connectivity index is 2.23. The van der Waals surface area contributed by atoms with Gasteiger partial charge < -0.3 is 4.90 Å². The predicted molar refractivity (Wildman–Crippen MR) is 62.4 cm³/mol. The fourth-order valence-electron chi connectivity index (χ4n) is 2.01. The highest BCUT2D eigenvalue weighted by Gasteiger charge is 2.23. The largest absolute Gasteiger partial charge is 0.312 e. The molecule has 1 aromatic rings. The SMILES string of the molecule is CC(=O)CCN1C(=O)CCc2ccccc21. The molecule has 1 aliphatic heterocycles. The third-order valence-electron chi connectivity index (χ3n) is 2.88. The van der Waals surface area contributed by atoms with Gasteiger partial charge in [0, 0.05) is 25.1 Å². The fourth-order valence-corrected chi connectivity index (χ4v) is 2.01. The number of fused-ring (bicyclic) bond motifs is 1. The zero-order valence-electron chi connectivity index (χ0n) is 9.40. The van der Waals surface area contributed by atoms with Gasteiger partial charge in [-0.05, 0) is 25.0 Å². The van der Waals surface area contributed by atoms with E-state index in [4.69, 9.17) is 0 Å². The second-order valence-electron chi connectivity index (χ2n) is 4.13. The summed E-state index contributed by atoms with van der Waals surface area (Å²) in [5.41, 5.74) is 2.17. The molecule has 0 saturated heterocycles. The summed E-state index contributed by atoms with van der Waals surface area (Å²) >= 11 is 0. The van der Waals surface area contributed by atoms with Crippen molar-refractivity contribution in [2.75, 3.05) is 11.4 Å². The highest BCUT2D eigenvalue weighted by molar-refractivity contribution is 5.96. The van der Waals surface area contributed by atoms with Crippen molar-refractivity contribution in [3.8, 4) is 0 Å². The van der Waals surface area contributed by atoms with E-state index in [2.05, 4.69) is 0 Å². The molecule has 0 aliphatic carbocycles. The number of anilines is 1. The molecular weight excluding hydrogens is 202 g/mol. The van der Waals surface area contributed by atoms with E-state index in [0.29, 0.717) is 19.4 Å². The van der Waals surface area contributed by atoms with Crippen LogP contribution in [0.4, 0.5) is 5.69 Å². The number of hydrogen-bond donors (Lipinski definition) is 0. The zero-order chi connectivity index (χ0) is 11.5. The van der Waals surface area contributed by atoms with Crippen LogP contribution in [0.3, 0.4) is 0 Å². The Kier molecular flexibility index (Phi) is 3.04. The molecule has 0 bridgehead atoms. The standard InChI is InChI=1S/C13H15NO2/c1-10(15)8-9-14-12-5-3-2-4-11(12)6-7-13(14)16/h2-5H,6-9H2,1H3. The first kappa shape index (κ1) is 10.9. The van der Waals surface area contributed by atoms with Crippen LogP contribution < -0.4 is 4.90 Å². The fraction of sp³-hybridized carbons (Fsp3) is 0.385. The number of para-hydroxylation sites is 1. The Hall–Kier alpha value is -1.64. The number of ketones is 1. The van der Waals surface area contributed by atoms with E-state index >= 15 is 0 Å². The van der Waals surface area contributed by atoms with Crippen LogP contribution in [0.15, 0.2) is 24.3 Å². The van der Waals surface area contributed by atoms with E-state index < -0.39 is 0 Å². The van der Waals surface area contributed by atoms with Gasteiger partial charge in [-0.3, -0.25) is 9.59 Å². The maximum absolute atomic E-state index is 11.8. The summed E-state index contributed by atoms with van der Waals surface area (Å²) in [6.07, 6.45) is 1.79. The smallest absolute Gasteiger partial charge is 0.227 e. The molecule has 0 aromatic heterocycles. The Morgan fingerprint density at radius 2 is 2.06 bits per heavy atom. The number of aryl methyl sites for hydroxylation is 1. The minimum atomic E-state index is 0.121. The van der Waals surface area contributed by atoms with Crippen LogP contribution >= 0.6 is 0 Å².